The summed E-state index contributed by atoms with van der Waals surface area (Å²) in [6, 6.07) is 0. The molecule has 0 N–H and O–H groups in total. The maximum absolute atomic E-state index is 11.0. The molecule has 25 heavy (non-hydrogen) atoms. The molecular formula is C14H12CuN2O4S4. The van der Waals surface area contributed by atoms with Gasteiger partial charge in [0.05, 0.1) is 9.81 Å². The summed E-state index contributed by atoms with van der Waals surface area (Å²) in [6.07, 6.45) is 0. The molecule has 0 atom stereocenters. The normalized spacial score (nSPS) is 20.0. The van der Waals surface area contributed by atoms with Gasteiger partial charge in [0.1, 0.15) is 0 Å². The number of ketones is 2. The van der Waals surface area contributed by atoms with E-state index in [-0.39, 0.29) is 37.4 Å². The zero-order chi connectivity index (χ0) is 18.6. The molecule has 0 saturated carbocycles. The van der Waals surface area contributed by atoms with Crippen molar-refractivity contribution in [2.24, 2.45) is 9.98 Å². The fourth-order valence-electron chi connectivity index (χ4n) is 1.37. The molecule has 0 aromatic rings. The van der Waals surface area contributed by atoms with Gasteiger partial charge in [0.2, 0.25) is 0 Å². The molecule has 0 fully saturated rings. The molecule has 11 heteroatoms. The third-order valence-electron chi connectivity index (χ3n) is 2.89. The van der Waals surface area contributed by atoms with Gasteiger partial charge in [-0.25, -0.2) is 9.98 Å². The first kappa shape index (κ1) is 24.2. The average Bonchev–Trinajstić information content (AvgIpc) is 2.98. The Balaban J connectivity index is 0.000000443. The van der Waals surface area contributed by atoms with E-state index in [4.69, 9.17) is 25.3 Å². The smallest absolute Gasteiger partial charge is 0.753 e. The fraction of sp³-hybridized carbons (Fsp3) is 0.286. The van der Waals surface area contributed by atoms with E-state index in [9.17, 15) is 19.2 Å². The molecule has 2 amide bonds. The minimum atomic E-state index is -0.391. The molecule has 0 saturated heterocycles. The summed E-state index contributed by atoms with van der Waals surface area (Å²) >= 11 is 11.6. The van der Waals surface area contributed by atoms with Crippen LogP contribution in [-0.2, 0) is 61.5 Å². The van der Waals surface area contributed by atoms with E-state index < -0.39 is 11.8 Å². The van der Waals surface area contributed by atoms with Crippen LogP contribution in [0.15, 0.2) is 30.9 Å². The number of carbonyl (C=O) groups excluding carboxylic acids is 4. The van der Waals surface area contributed by atoms with Gasteiger partial charge < -0.3 is 25.3 Å². The number of nitrogens with zero attached hydrogens (tertiary/aromatic N) is 2. The second-order valence-electron chi connectivity index (χ2n) is 4.59. The van der Waals surface area contributed by atoms with E-state index in [2.05, 4.69) is 9.98 Å². The van der Waals surface area contributed by atoms with Crippen LogP contribution in [0.4, 0.5) is 0 Å². The van der Waals surface area contributed by atoms with Gasteiger partial charge in [-0.15, -0.1) is 0 Å². The van der Waals surface area contributed by atoms with E-state index in [1.165, 1.54) is 13.8 Å². The first-order chi connectivity index (χ1) is 11.0. The van der Waals surface area contributed by atoms with Crippen molar-refractivity contribution in [1.82, 2.24) is 0 Å². The van der Waals surface area contributed by atoms with Gasteiger partial charge in [-0.1, -0.05) is 23.5 Å². The van der Waals surface area contributed by atoms with Crippen molar-refractivity contribution in [2.75, 3.05) is 0 Å². The topological polar surface area (TPSA) is 93.0 Å². The average molecular weight is 464 g/mol. The number of hydrogen-bond donors (Lipinski definition) is 0. The number of amides is 2. The molecule has 137 valence electrons. The predicted octanol–water partition coefficient (Wildman–Crippen LogP) is 2.05. The molecule has 2 aliphatic rings. The Hall–Kier alpha value is -0.841. The van der Waals surface area contributed by atoms with E-state index in [0.29, 0.717) is 21.0 Å². The minimum Gasteiger partial charge on any atom is -0.753 e. The third-order valence-corrected chi connectivity index (χ3v) is 5.47. The van der Waals surface area contributed by atoms with Gasteiger partial charge in [-0.3, -0.25) is 19.2 Å². The summed E-state index contributed by atoms with van der Waals surface area (Å²) in [7, 11) is 0. The molecule has 0 bridgehead atoms. The quantitative estimate of drug-likeness (QED) is 0.349. The van der Waals surface area contributed by atoms with Crippen LogP contribution in [-0.4, -0.2) is 32.1 Å². The Morgan fingerprint density at radius 2 is 1.04 bits per heavy atom. The molecular weight excluding hydrogens is 452 g/mol. The first-order valence-electron chi connectivity index (χ1n) is 6.44. The molecule has 2 aliphatic heterocycles. The molecule has 6 nitrogen and oxygen atoms in total. The van der Waals surface area contributed by atoms with Crippen LogP contribution in [0.5, 0.6) is 0 Å². The van der Waals surface area contributed by atoms with Crippen molar-refractivity contribution in [2.45, 2.75) is 27.7 Å². The molecule has 0 unspecified atom stereocenters. The molecule has 2 heterocycles. The Bertz CT molecular complexity index is 705. The Labute approximate surface area is 175 Å². The maximum atomic E-state index is 11.0. The van der Waals surface area contributed by atoms with Crippen LogP contribution in [0.3, 0.4) is 0 Å². The van der Waals surface area contributed by atoms with E-state index in [1.54, 1.807) is 13.8 Å². The molecule has 0 aromatic heterocycles. The number of Topliss-reactive ketones (excluding diaryl/α,β-unsaturated/α-hetero) is 2. The summed E-state index contributed by atoms with van der Waals surface area (Å²) in [5, 5.41) is 0. The van der Waals surface area contributed by atoms with Gasteiger partial charge in [-0.2, -0.15) is 0 Å². The summed E-state index contributed by atoms with van der Waals surface area (Å²) in [6.45, 7) is 6.03. The zero-order valence-electron chi connectivity index (χ0n) is 13.5. The largest absolute Gasteiger partial charge is 2.00 e. The van der Waals surface area contributed by atoms with Crippen LogP contribution < -0.4 is 0 Å². The second-order valence-corrected chi connectivity index (χ2v) is 7.88. The molecule has 0 spiro atoms. The maximum Gasteiger partial charge on any atom is 2.00 e. The number of carbonyl (C=O) groups is 4. The Morgan fingerprint density at radius 1 is 0.760 bits per heavy atom. The molecule has 2 rings (SSSR count). The number of allylic oxidation sites excluding steroid dienone is 2. The van der Waals surface area contributed by atoms with E-state index >= 15 is 0 Å². The summed E-state index contributed by atoms with van der Waals surface area (Å²) in [4.78, 5) is 51.6. The number of thioether (sulfide) groups is 2. The summed E-state index contributed by atoms with van der Waals surface area (Å²) < 4.78 is 0.575. The zero-order valence-corrected chi connectivity index (χ0v) is 17.7. The molecule has 1 radical (unpaired) electrons. The third kappa shape index (κ3) is 6.76. The van der Waals surface area contributed by atoms with Crippen molar-refractivity contribution in [3.8, 4) is 0 Å². The van der Waals surface area contributed by atoms with Gasteiger partial charge in [0, 0.05) is 11.1 Å². The van der Waals surface area contributed by atoms with E-state index in [1.807, 2.05) is 0 Å². The van der Waals surface area contributed by atoms with Crippen LogP contribution in [0.25, 0.3) is 0 Å². The number of hydrogen-bond acceptors (Lipinski definition) is 8. The fourth-order valence-corrected chi connectivity index (χ4v) is 3.50. The Kier molecular flexibility index (Phi) is 9.99. The van der Waals surface area contributed by atoms with Crippen molar-refractivity contribution in [1.29, 1.82) is 0 Å². The van der Waals surface area contributed by atoms with Gasteiger partial charge in [-0.05, 0) is 36.4 Å². The summed E-state index contributed by atoms with van der Waals surface area (Å²) in [5.74, 6) is -1.02. The van der Waals surface area contributed by atoms with Crippen molar-refractivity contribution in [3.63, 3.8) is 0 Å². The van der Waals surface area contributed by atoms with Crippen molar-refractivity contribution >= 4 is 80.9 Å². The van der Waals surface area contributed by atoms with Gasteiger partial charge in [0.25, 0.3) is 11.8 Å². The van der Waals surface area contributed by atoms with Crippen molar-refractivity contribution in [3.05, 3.63) is 21.0 Å². The van der Waals surface area contributed by atoms with Gasteiger partial charge >= 0.3 is 17.1 Å². The van der Waals surface area contributed by atoms with Crippen LogP contribution >= 0.6 is 23.5 Å². The SMILES string of the molecule is CC(=O)/C(C)=C1/SC([S-])=NC1=O.CC(=O)/C(C)=C1/SC([S-])=NC1=O.[Cu+2]. The van der Waals surface area contributed by atoms with E-state index in [0.717, 1.165) is 23.5 Å². The van der Waals surface area contributed by atoms with Crippen LogP contribution in [0.1, 0.15) is 27.7 Å². The Morgan fingerprint density at radius 3 is 1.20 bits per heavy atom. The molecule has 0 aliphatic carbocycles. The predicted molar refractivity (Wildman–Crippen MR) is 102 cm³/mol. The monoisotopic (exact) mass is 463 g/mol. The summed E-state index contributed by atoms with van der Waals surface area (Å²) in [5.41, 5.74) is 0.877. The van der Waals surface area contributed by atoms with Crippen LogP contribution in [0, 0.1) is 0 Å². The molecule has 0 aromatic carbocycles. The van der Waals surface area contributed by atoms with Crippen LogP contribution in [0.2, 0.25) is 0 Å². The van der Waals surface area contributed by atoms with Gasteiger partial charge in [0.15, 0.2) is 11.6 Å². The number of rotatable bonds is 2. The van der Waals surface area contributed by atoms with Crippen molar-refractivity contribution < 1.29 is 36.2 Å². The first-order valence-corrected chi connectivity index (χ1v) is 8.89. The second kappa shape index (κ2) is 10.3. The number of aliphatic imine (C=N–C) groups is 2. The minimum absolute atomic E-state index is 0. The standard InChI is InChI=1S/2C7H7NO2S2.Cu/c2*1-3(4(2)9)5-6(10)8-7(11)12-5;/h2*1-2H3,(H,8,10,11);/q;;+2/p-2/b2*5-3+;.